The maximum atomic E-state index is 11.3. The van der Waals surface area contributed by atoms with E-state index in [0.29, 0.717) is 23.2 Å². The number of nitro groups is 1. The highest BCUT2D eigenvalue weighted by Gasteiger charge is 2.29. The summed E-state index contributed by atoms with van der Waals surface area (Å²) < 4.78 is 0. The zero-order chi connectivity index (χ0) is 15.4. The molecule has 2 rings (SSSR count). The van der Waals surface area contributed by atoms with Crippen molar-refractivity contribution in [1.82, 2.24) is 0 Å². The minimum atomic E-state index is -0.384. The van der Waals surface area contributed by atoms with Gasteiger partial charge in [0, 0.05) is 6.04 Å². The van der Waals surface area contributed by atoms with E-state index in [4.69, 9.17) is 5.84 Å². The molecule has 1 aliphatic rings. The third kappa shape index (κ3) is 3.44. The highest BCUT2D eigenvalue weighted by Crippen LogP contribution is 2.37. The molecule has 0 radical (unpaired) electrons. The molecule has 1 aromatic rings. The first-order chi connectivity index (χ1) is 10.0. The number of nitrogens with one attached hydrogen (secondary N) is 2. The molecule has 0 saturated heterocycles. The Morgan fingerprint density at radius 2 is 1.95 bits per heavy atom. The van der Waals surface area contributed by atoms with Crippen molar-refractivity contribution >= 4 is 17.1 Å². The monoisotopic (exact) mass is 292 g/mol. The largest absolute Gasteiger partial charge is 0.376 e. The molecule has 0 aliphatic heterocycles. The van der Waals surface area contributed by atoms with E-state index in [9.17, 15) is 10.1 Å². The van der Waals surface area contributed by atoms with Gasteiger partial charge in [-0.15, -0.1) is 0 Å². The van der Waals surface area contributed by atoms with Crippen molar-refractivity contribution < 1.29 is 4.92 Å². The molecular formula is C15H24N4O2. The summed E-state index contributed by atoms with van der Waals surface area (Å²) >= 11 is 0. The molecule has 6 nitrogen and oxygen atoms in total. The van der Waals surface area contributed by atoms with E-state index in [1.54, 1.807) is 18.2 Å². The number of hydrazine groups is 1. The predicted octanol–water partition coefficient (Wildman–Crippen LogP) is 3.51. The smallest absolute Gasteiger partial charge is 0.316 e. The third-order valence-electron chi connectivity index (χ3n) is 4.39. The second kappa shape index (κ2) is 6.76. The zero-order valence-electron chi connectivity index (χ0n) is 12.6. The number of nitrogens with zero attached hydrogens (tertiary/aromatic N) is 1. The van der Waals surface area contributed by atoms with Crippen molar-refractivity contribution in [3.8, 4) is 0 Å². The van der Waals surface area contributed by atoms with E-state index in [1.807, 2.05) is 0 Å². The summed E-state index contributed by atoms with van der Waals surface area (Å²) in [5.74, 6) is 6.50. The van der Waals surface area contributed by atoms with E-state index in [2.05, 4.69) is 24.6 Å². The van der Waals surface area contributed by atoms with E-state index in [-0.39, 0.29) is 16.7 Å². The van der Waals surface area contributed by atoms with Crippen LogP contribution in [0.2, 0.25) is 0 Å². The number of para-hydroxylation sites is 1. The summed E-state index contributed by atoms with van der Waals surface area (Å²) in [6.07, 6.45) is 4.65. The summed E-state index contributed by atoms with van der Waals surface area (Å²) in [4.78, 5) is 10.9. The van der Waals surface area contributed by atoms with Crippen LogP contribution in [0, 0.1) is 22.0 Å². The Morgan fingerprint density at radius 1 is 1.29 bits per heavy atom. The summed E-state index contributed by atoms with van der Waals surface area (Å²) in [7, 11) is 0. The van der Waals surface area contributed by atoms with Crippen LogP contribution in [-0.2, 0) is 0 Å². The molecule has 0 heterocycles. The van der Waals surface area contributed by atoms with Crippen LogP contribution < -0.4 is 16.6 Å². The Kier molecular flexibility index (Phi) is 5.01. The number of rotatable bonds is 5. The lowest BCUT2D eigenvalue weighted by atomic mass is 9.77. The second-order valence-electron chi connectivity index (χ2n) is 6.05. The number of anilines is 2. The van der Waals surface area contributed by atoms with Gasteiger partial charge in [0.25, 0.3) is 0 Å². The topological polar surface area (TPSA) is 93.2 Å². The molecule has 0 spiro atoms. The normalized spacial score (nSPS) is 22.1. The maximum Gasteiger partial charge on any atom is 0.316 e. The summed E-state index contributed by atoms with van der Waals surface area (Å²) in [6.45, 7) is 4.44. The third-order valence-corrected chi connectivity index (χ3v) is 4.39. The van der Waals surface area contributed by atoms with Crippen LogP contribution in [0.15, 0.2) is 18.2 Å². The van der Waals surface area contributed by atoms with Gasteiger partial charge in [-0.2, -0.15) is 0 Å². The minimum Gasteiger partial charge on any atom is -0.376 e. The average molecular weight is 292 g/mol. The molecule has 2 unspecified atom stereocenters. The van der Waals surface area contributed by atoms with Crippen molar-refractivity contribution in [2.45, 2.75) is 45.6 Å². The second-order valence-corrected chi connectivity index (χ2v) is 6.05. The number of hydrogen-bond donors (Lipinski definition) is 3. The Bertz CT molecular complexity index is 504. The zero-order valence-corrected chi connectivity index (χ0v) is 12.6. The van der Waals surface area contributed by atoms with Gasteiger partial charge in [-0.1, -0.05) is 32.8 Å². The van der Waals surface area contributed by atoms with Crippen LogP contribution >= 0.6 is 0 Å². The molecular weight excluding hydrogens is 268 g/mol. The molecule has 1 aliphatic carbocycles. The van der Waals surface area contributed by atoms with Gasteiger partial charge >= 0.3 is 5.69 Å². The van der Waals surface area contributed by atoms with Crippen LogP contribution in [0.5, 0.6) is 0 Å². The van der Waals surface area contributed by atoms with Crippen molar-refractivity contribution in [2.24, 2.45) is 17.7 Å². The van der Waals surface area contributed by atoms with E-state index >= 15 is 0 Å². The van der Waals surface area contributed by atoms with E-state index < -0.39 is 0 Å². The van der Waals surface area contributed by atoms with Crippen LogP contribution in [0.4, 0.5) is 17.1 Å². The van der Waals surface area contributed by atoms with Gasteiger partial charge in [-0.3, -0.25) is 16.0 Å². The van der Waals surface area contributed by atoms with Crippen LogP contribution in [0.1, 0.15) is 39.5 Å². The first-order valence-corrected chi connectivity index (χ1v) is 7.55. The van der Waals surface area contributed by atoms with Crippen LogP contribution in [-0.4, -0.2) is 11.0 Å². The molecule has 0 bridgehead atoms. The highest BCUT2D eigenvalue weighted by atomic mass is 16.6. The quantitative estimate of drug-likeness (QED) is 0.438. The fourth-order valence-electron chi connectivity index (χ4n) is 3.31. The Labute approximate surface area is 125 Å². The number of benzene rings is 1. The molecule has 4 N–H and O–H groups in total. The number of hydrogen-bond acceptors (Lipinski definition) is 5. The predicted molar refractivity (Wildman–Crippen MR) is 85.1 cm³/mol. The number of nitro benzene ring substituents is 1. The van der Waals surface area contributed by atoms with Gasteiger partial charge in [0.05, 0.1) is 4.92 Å². The number of nitrogens with two attached hydrogens (primary N) is 1. The molecule has 0 aromatic heterocycles. The summed E-state index contributed by atoms with van der Waals surface area (Å²) in [5.41, 5.74) is 3.31. The molecule has 116 valence electrons. The van der Waals surface area contributed by atoms with Gasteiger partial charge in [0.1, 0.15) is 11.4 Å². The standard InChI is InChI=1S/C15H24N4O2/c1-10(2)11-6-3-4-7-12(11)17-13-8-5-9-14(18-16)15(13)19(20)21/h5,8-12,17-18H,3-4,6-7,16H2,1-2H3. The van der Waals surface area contributed by atoms with Crippen LogP contribution in [0.25, 0.3) is 0 Å². The highest BCUT2D eigenvalue weighted by molar-refractivity contribution is 5.76. The van der Waals surface area contributed by atoms with Crippen molar-refractivity contribution in [3.05, 3.63) is 28.3 Å². The Balaban J connectivity index is 2.27. The average Bonchev–Trinajstić information content (AvgIpc) is 2.47. The SMILES string of the molecule is CC(C)C1CCCCC1Nc1cccc(NN)c1[N+](=O)[O-]. The van der Waals surface area contributed by atoms with Crippen molar-refractivity contribution in [1.29, 1.82) is 0 Å². The van der Waals surface area contributed by atoms with Crippen LogP contribution in [0.3, 0.4) is 0 Å². The van der Waals surface area contributed by atoms with Crippen molar-refractivity contribution in [2.75, 3.05) is 10.7 Å². The lowest BCUT2D eigenvalue weighted by molar-refractivity contribution is -0.383. The van der Waals surface area contributed by atoms with Gasteiger partial charge in [-0.05, 0) is 36.8 Å². The summed E-state index contributed by atoms with van der Waals surface area (Å²) in [6, 6.07) is 5.43. The number of nitrogen functional groups attached to an aromatic ring is 1. The molecule has 0 amide bonds. The van der Waals surface area contributed by atoms with Gasteiger partial charge in [0.2, 0.25) is 0 Å². The molecule has 6 heteroatoms. The molecule has 21 heavy (non-hydrogen) atoms. The van der Waals surface area contributed by atoms with Crippen molar-refractivity contribution in [3.63, 3.8) is 0 Å². The maximum absolute atomic E-state index is 11.3. The first kappa shape index (κ1) is 15.6. The van der Waals surface area contributed by atoms with Gasteiger partial charge in [-0.25, -0.2) is 0 Å². The lowest BCUT2D eigenvalue weighted by Crippen LogP contribution is -2.35. The summed E-state index contributed by atoms with van der Waals surface area (Å²) in [5, 5.41) is 14.7. The lowest BCUT2D eigenvalue weighted by Gasteiger charge is -2.35. The fraction of sp³-hybridized carbons (Fsp3) is 0.600. The Morgan fingerprint density at radius 3 is 2.57 bits per heavy atom. The van der Waals surface area contributed by atoms with Gasteiger partial charge in [0.15, 0.2) is 0 Å². The molecule has 1 aromatic carbocycles. The van der Waals surface area contributed by atoms with E-state index in [1.165, 1.54) is 19.3 Å². The molecule has 1 saturated carbocycles. The fourth-order valence-corrected chi connectivity index (χ4v) is 3.31. The van der Waals surface area contributed by atoms with E-state index in [0.717, 1.165) is 6.42 Å². The minimum absolute atomic E-state index is 0.0214. The molecule has 2 atom stereocenters. The molecule has 1 fully saturated rings. The first-order valence-electron chi connectivity index (χ1n) is 7.55. The van der Waals surface area contributed by atoms with Gasteiger partial charge < -0.3 is 10.7 Å². The Hall–Kier alpha value is -1.82.